The number of carbonyl (C=O) groups excluding carboxylic acids is 2. The van der Waals surface area contributed by atoms with E-state index in [-0.39, 0.29) is 18.4 Å². The Balaban J connectivity index is 1.11. The molecule has 5 aromatic rings. The van der Waals surface area contributed by atoms with Crippen molar-refractivity contribution in [2.75, 3.05) is 24.4 Å². The van der Waals surface area contributed by atoms with E-state index in [0.29, 0.717) is 28.3 Å². The van der Waals surface area contributed by atoms with Crippen LogP contribution in [0.1, 0.15) is 15.9 Å². The summed E-state index contributed by atoms with van der Waals surface area (Å²) in [7, 11) is 1.54. The third-order valence-corrected chi connectivity index (χ3v) is 6.72. The number of hydrogen-bond donors (Lipinski definition) is 3. The SMILES string of the molecule is COc1ccccc1NC(=O)COc1cccc(/C=N/NC(=O)c2ccc(-c3csc(Nc4ccccc4)n3)cc2)c1. The first kappa shape index (κ1) is 28.1. The molecule has 1 aromatic heterocycles. The molecule has 0 aliphatic carbocycles. The summed E-state index contributed by atoms with van der Waals surface area (Å²) in [6.45, 7) is -0.183. The standard InChI is InChI=1S/C32H27N5O4S/c1-40-29-13-6-5-12-27(29)35-30(38)20-41-26-11-7-8-22(18-26)19-33-37-31(39)24-16-14-23(15-17-24)28-21-42-32(36-28)34-25-9-3-2-4-10-25/h2-19,21H,20H2,1H3,(H,34,36)(H,35,38)(H,37,39)/b33-19+. The molecule has 4 aromatic carbocycles. The molecule has 0 atom stereocenters. The first-order valence-corrected chi connectivity index (χ1v) is 13.8. The number of aromatic nitrogens is 1. The second-order valence-electron chi connectivity index (χ2n) is 8.92. The van der Waals surface area contributed by atoms with Crippen molar-refractivity contribution in [3.63, 3.8) is 0 Å². The predicted octanol–water partition coefficient (Wildman–Crippen LogP) is 6.34. The molecule has 210 valence electrons. The van der Waals surface area contributed by atoms with E-state index in [1.165, 1.54) is 24.7 Å². The number of hydrogen-bond acceptors (Lipinski definition) is 8. The third-order valence-electron chi connectivity index (χ3n) is 5.96. The van der Waals surface area contributed by atoms with Gasteiger partial charge in [-0.15, -0.1) is 11.3 Å². The van der Waals surface area contributed by atoms with Gasteiger partial charge >= 0.3 is 0 Å². The number of carbonyl (C=O) groups is 2. The first-order valence-electron chi connectivity index (χ1n) is 12.9. The van der Waals surface area contributed by atoms with Gasteiger partial charge in [0.15, 0.2) is 11.7 Å². The van der Waals surface area contributed by atoms with Crippen molar-refractivity contribution in [2.24, 2.45) is 5.10 Å². The van der Waals surface area contributed by atoms with Crippen molar-refractivity contribution < 1.29 is 19.1 Å². The summed E-state index contributed by atoms with van der Waals surface area (Å²) in [5, 5.41) is 12.9. The highest BCUT2D eigenvalue weighted by Crippen LogP contribution is 2.27. The van der Waals surface area contributed by atoms with Crippen LogP contribution in [0.15, 0.2) is 114 Å². The molecular weight excluding hydrogens is 550 g/mol. The zero-order valence-corrected chi connectivity index (χ0v) is 23.4. The molecule has 1 heterocycles. The van der Waals surface area contributed by atoms with Gasteiger partial charge in [0.1, 0.15) is 11.5 Å². The molecule has 0 radical (unpaired) electrons. The average Bonchev–Trinajstić information content (AvgIpc) is 3.49. The number of rotatable bonds is 11. The normalized spacial score (nSPS) is 10.7. The number of ether oxygens (including phenoxy) is 2. The Labute approximate surface area is 246 Å². The lowest BCUT2D eigenvalue weighted by Crippen LogP contribution is -2.20. The van der Waals surface area contributed by atoms with Crippen molar-refractivity contribution in [3.8, 4) is 22.8 Å². The predicted molar refractivity (Wildman–Crippen MR) is 166 cm³/mol. The highest BCUT2D eigenvalue weighted by Gasteiger charge is 2.09. The number of anilines is 3. The summed E-state index contributed by atoms with van der Waals surface area (Å²) < 4.78 is 10.9. The Morgan fingerprint density at radius 2 is 1.71 bits per heavy atom. The zero-order chi connectivity index (χ0) is 29.1. The van der Waals surface area contributed by atoms with Crippen molar-refractivity contribution >= 4 is 45.9 Å². The van der Waals surface area contributed by atoms with E-state index in [9.17, 15) is 9.59 Å². The van der Waals surface area contributed by atoms with Gasteiger partial charge in [-0.2, -0.15) is 5.10 Å². The van der Waals surface area contributed by atoms with E-state index in [4.69, 9.17) is 9.47 Å². The van der Waals surface area contributed by atoms with Crippen molar-refractivity contribution in [2.45, 2.75) is 0 Å². The van der Waals surface area contributed by atoms with Gasteiger partial charge < -0.3 is 20.1 Å². The van der Waals surface area contributed by atoms with E-state index in [1.807, 2.05) is 53.9 Å². The largest absolute Gasteiger partial charge is 0.495 e. The number of nitrogens with zero attached hydrogens (tertiary/aromatic N) is 2. The second kappa shape index (κ2) is 13.7. The molecule has 0 saturated carbocycles. The number of methoxy groups -OCH3 is 1. The van der Waals surface area contributed by atoms with Crippen molar-refractivity contribution in [1.82, 2.24) is 10.4 Å². The summed E-state index contributed by atoms with van der Waals surface area (Å²) in [5.41, 5.74) is 6.95. The fourth-order valence-corrected chi connectivity index (χ4v) is 4.64. The van der Waals surface area contributed by atoms with E-state index in [1.54, 1.807) is 54.6 Å². The molecule has 0 aliphatic heterocycles. The number of nitrogens with one attached hydrogen (secondary N) is 3. The molecule has 5 rings (SSSR count). The van der Waals surface area contributed by atoms with Gasteiger partial charge in [0.25, 0.3) is 11.8 Å². The van der Waals surface area contributed by atoms with E-state index in [0.717, 1.165) is 22.1 Å². The Hall–Kier alpha value is -5.48. The van der Waals surface area contributed by atoms with Crippen molar-refractivity contribution in [3.05, 3.63) is 120 Å². The van der Waals surface area contributed by atoms with Gasteiger partial charge in [-0.05, 0) is 54.1 Å². The van der Waals surface area contributed by atoms with E-state index >= 15 is 0 Å². The molecular formula is C32H27N5O4S. The minimum atomic E-state index is -0.345. The van der Waals surface area contributed by atoms with Crippen LogP contribution in [0.25, 0.3) is 11.3 Å². The minimum absolute atomic E-state index is 0.183. The van der Waals surface area contributed by atoms with Gasteiger partial charge in [-0.1, -0.05) is 54.6 Å². The van der Waals surface area contributed by atoms with Crippen LogP contribution in [0, 0.1) is 0 Å². The molecule has 2 amide bonds. The van der Waals surface area contributed by atoms with Gasteiger partial charge in [-0.25, -0.2) is 10.4 Å². The smallest absolute Gasteiger partial charge is 0.271 e. The number of hydrazone groups is 1. The van der Waals surface area contributed by atoms with Gasteiger partial charge in [0, 0.05) is 22.2 Å². The summed E-state index contributed by atoms with van der Waals surface area (Å²) in [6.07, 6.45) is 1.50. The second-order valence-corrected chi connectivity index (χ2v) is 9.77. The molecule has 0 spiro atoms. The summed E-state index contributed by atoms with van der Waals surface area (Å²) in [4.78, 5) is 29.6. The van der Waals surface area contributed by atoms with Crippen LogP contribution in [0.2, 0.25) is 0 Å². The molecule has 0 saturated heterocycles. The van der Waals surface area contributed by atoms with Gasteiger partial charge in [-0.3, -0.25) is 9.59 Å². The van der Waals surface area contributed by atoms with Crippen LogP contribution >= 0.6 is 11.3 Å². The van der Waals surface area contributed by atoms with Crippen LogP contribution in [-0.2, 0) is 4.79 Å². The van der Waals surface area contributed by atoms with Gasteiger partial charge in [0.05, 0.1) is 24.7 Å². The van der Waals surface area contributed by atoms with Crippen molar-refractivity contribution in [1.29, 1.82) is 0 Å². The molecule has 0 bridgehead atoms. The number of thiazole rings is 1. The molecule has 42 heavy (non-hydrogen) atoms. The van der Waals surface area contributed by atoms with E-state index in [2.05, 4.69) is 26.1 Å². The maximum Gasteiger partial charge on any atom is 0.271 e. The lowest BCUT2D eigenvalue weighted by molar-refractivity contribution is -0.118. The minimum Gasteiger partial charge on any atom is -0.495 e. The van der Waals surface area contributed by atoms with Crippen LogP contribution in [0.3, 0.4) is 0 Å². The molecule has 0 unspecified atom stereocenters. The maximum absolute atomic E-state index is 12.6. The lowest BCUT2D eigenvalue weighted by atomic mass is 10.1. The summed E-state index contributed by atoms with van der Waals surface area (Å²) >= 11 is 1.51. The van der Waals surface area contributed by atoms with Crippen LogP contribution < -0.4 is 25.5 Å². The summed E-state index contributed by atoms with van der Waals surface area (Å²) in [6, 6.07) is 31.2. The molecule has 0 aliphatic rings. The third kappa shape index (κ3) is 7.58. The topological polar surface area (TPSA) is 114 Å². The molecule has 10 heteroatoms. The lowest BCUT2D eigenvalue weighted by Gasteiger charge is -2.10. The monoisotopic (exact) mass is 577 g/mol. The quantitative estimate of drug-likeness (QED) is 0.125. The Morgan fingerprint density at radius 1 is 0.929 bits per heavy atom. The fourth-order valence-electron chi connectivity index (χ4n) is 3.90. The van der Waals surface area contributed by atoms with Crippen LogP contribution in [0.5, 0.6) is 11.5 Å². The zero-order valence-electron chi connectivity index (χ0n) is 22.6. The molecule has 0 fully saturated rings. The van der Waals surface area contributed by atoms with Crippen LogP contribution in [-0.4, -0.2) is 36.7 Å². The first-order chi connectivity index (χ1) is 20.6. The fraction of sp³-hybridized carbons (Fsp3) is 0.0625. The number of para-hydroxylation sites is 3. The Kier molecular flexibility index (Phi) is 9.17. The number of benzene rings is 4. The Bertz CT molecular complexity index is 1690. The Morgan fingerprint density at radius 3 is 2.52 bits per heavy atom. The maximum atomic E-state index is 12.6. The summed E-state index contributed by atoms with van der Waals surface area (Å²) in [5.74, 6) is 0.381. The highest BCUT2D eigenvalue weighted by molar-refractivity contribution is 7.14. The average molecular weight is 578 g/mol. The molecule has 9 nitrogen and oxygen atoms in total. The highest BCUT2D eigenvalue weighted by atomic mass is 32.1. The van der Waals surface area contributed by atoms with E-state index < -0.39 is 0 Å². The van der Waals surface area contributed by atoms with Crippen LogP contribution in [0.4, 0.5) is 16.5 Å². The number of amides is 2. The molecule has 3 N–H and O–H groups in total. The van der Waals surface area contributed by atoms with Gasteiger partial charge in [0.2, 0.25) is 0 Å².